The van der Waals surface area contributed by atoms with Crippen LogP contribution in [0, 0.1) is 0 Å². The number of hydrogen-bond donors (Lipinski definition) is 3. The number of carbonyl (C=O) groups excluding carboxylic acids is 1. The SMILES string of the molecule is CCc1cc(C(=O)NC2(C)CCOC2C)cc(NN)n1. The number of nitrogen functional groups attached to an aromatic ring is 1. The number of carbonyl (C=O) groups is 1. The summed E-state index contributed by atoms with van der Waals surface area (Å²) in [7, 11) is 0. The van der Waals surface area contributed by atoms with Gasteiger partial charge in [0.05, 0.1) is 11.6 Å². The van der Waals surface area contributed by atoms with Gasteiger partial charge in [0.1, 0.15) is 5.82 Å². The van der Waals surface area contributed by atoms with Gasteiger partial charge in [-0.25, -0.2) is 10.8 Å². The molecule has 1 amide bonds. The minimum Gasteiger partial charge on any atom is -0.376 e. The summed E-state index contributed by atoms with van der Waals surface area (Å²) in [6.45, 7) is 6.64. The van der Waals surface area contributed by atoms with Crippen molar-refractivity contribution in [2.24, 2.45) is 5.84 Å². The molecule has 6 nitrogen and oxygen atoms in total. The van der Waals surface area contributed by atoms with Gasteiger partial charge in [-0.3, -0.25) is 4.79 Å². The highest BCUT2D eigenvalue weighted by molar-refractivity contribution is 5.95. The second-order valence-corrected chi connectivity index (χ2v) is 5.36. The van der Waals surface area contributed by atoms with E-state index in [4.69, 9.17) is 10.6 Å². The Labute approximate surface area is 119 Å². The van der Waals surface area contributed by atoms with Crippen molar-refractivity contribution in [3.8, 4) is 0 Å². The molecule has 0 radical (unpaired) electrons. The lowest BCUT2D eigenvalue weighted by Gasteiger charge is -2.29. The molecule has 2 unspecified atom stereocenters. The Kier molecular flexibility index (Phi) is 4.25. The molecule has 6 heteroatoms. The highest BCUT2D eigenvalue weighted by Gasteiger charge is 2.38. The molecule has 20 heavy (non-hydrogen) atoms. The monoisotopic (exact) mass is 278 g/mol. The normalized spacial score (nSPS) is 25.5. The summed E-state index contributed by atoms with van der Waals surface area (Å²) in [4.78, 5) is 16.7. The van der Waals surface area contributed by atoms with E-state index in [1.54, 1.807) is 12.1 Å². The van der Waals surface area contributed by atoms with E-state index >= 15 is 0 Å². The molecular formula is C14H22N4O2. The molecule has 4 N–H and O–H groups in total. The molecule has 0 bridgehead atoms. The van der Waals surface area contributed by atoms with Gasteiger partial charge in [-0.15, -0.1) is 0 Å². The van der Waals surface area contributed by atoms with Gasteiger partial charge in [0.15, 0.2) is 0 Å². The lowest BCUT2D eigenvalue weighted by Crippen LogP contribution is -2.50. The number of nitrogens with two attached hydrogens (primary N) is 1. The molecule has 1 aromatic heterocycles. The van der Waals surface area contributed by atoms with Crippen molar-refractivity contribution < 1.29 is 9.53 Å². The summed E-state index contributed by atoms with van der Waals surface area (Å²) >= 11 is 0. The van der Waals surface area contributed by atoms with E-state index in [1.165, 1.54) is 0 Å². The molecule has 0 aliphatic carbocycles. The summed E-state index contributed by atoms with van der Waals surface area (Å²) in [5.74, 6) is 5.76. The Morgan fingerprint density at radius 2 is 2.35 bits per heavy atom. The summed E-state index contributed by atoms with van der Waals surface area (Å²) < 4.78 is 5.54. The largest absolute Gasteiger partial charge is 0.376 e. The van der Waals surface area contributed by atoms with Crippen molar-refractivity contribution >= 4 is 11.7 Å². The molecule has 0 aromatic carbocycles. The van der Waals surface area contributed by atoms with E-state index < -0.39 is 0 Å². The van der Waals surface area contributed by atoms with Crippen LogP contribution in [-0.4, -0.2) is 29.1 Å². The molecule has 1 fully saturated rings. The van der Waals surface area contributed by atoms with Crippen molar-refractivity contribution in [1.29, 1.82) is 0 Å². The summed E-state index contributed by atoms with van der Waals surface area (Å²) in [6.07, 6.45) is 1.56. The van der Waals surface area contributed by atoms with E-state index in [-0.39, 0.29) is 17.6 Å². The van der Waals surface area contributed by atoms with Crippen LogP contribution in [0.1, 0.15) is 43.2 Å². The number of hydrazine groups is 1. The Morgan fingerprint density at radius 1 is 1.60 bits per heavy atom. The molecular weight excluding hydrogens is 256 g/mol. The molecule has 1 aromatic rings. The van der Waals surface area contributed by atoms with Crippen molar-refractivity contribution in [1.82, 2.24) is 10.3 Å². The van der Waals surface area contributed by atoms with Gasteiger partial charge < -0.3 is 15.5 Å². The van der Waals surface area contributed by atoms with Crippen LogP contribution in [0.15, 0.2) is 12.1 Å². The first-order valence-corrected chi connectivity index (χ1v) is 6.90. The van der Waals surface area contributed by atoms with E-state index in [0.717, 1.165) is 18.5 Å². The van der Waals surface area contributed by atoms with Crippen LogP contribution in [0.3, 0.4) is 0 Å². The van der Waals surface area contributed by atoms with Gasteiger partial charge >= 0.3 is 0 Å². The van der Waals surface area contributed by atoms with Crippen LogP contribution in [0.4, 0.5) is 5.82 Å². The van der Waals surface area contributed by atoms with Crippen molar-refractivity contribution in [2.45, 2.75) is 45.3 Å². The quantitative estimate of drug-likeness (QED) is 0.569. The van der Waals surface area contributed by atoms with Crippen molar-refractivity contribution in [3.63, 3.8) is 0 Å². The number of nitrogens with one attached hydrogen (secondary N) is 2. The molecule has 0 saturated carbocycles. The summed E-state index contributed by atoms with van der Waals surface area (Å²) in [5.41, 5.74) is 3.55. The van der Waals surface area contributed by atoms with Gasteiger partial charge in [-0.05, 0) is 38.8 Å². The average molecular weight is 278 g/mol. The van der Waals surface area contributed by atoms with Gasteiger partial charge in [0.2, 0.25) is 0 Å². The third kappa shape index (κ3) is 2.91. The Bertz CT molecular complexity index is 484. The number of anilines is 1. The third-order valence-electron chi connectivity index (χ3n) is 3.94. The smallest absolute Gasteiger partial charge is 0.251 e. The van der Waals surface area contributed by atoms with E-state index in [0.29, 0.717) is 18.0 Å². The minimum absolute atomic E-state index is 0.00559. The van der Waals surface area contributed by atoms with Crippen molar-refractivity contribution in [2.75, 3.05) is 12.0 Å². The van der Waals surface area contributed by atoms with Gasteiger partial charge in [0, 0.05) is 17.9 Å². The molecule has 1 saturated heterocycles. The maximum absolute atomic E-state index is 12.4. The number of nitrogens with zero attached hydrogens (tertiary/aromatic N) is 1. The number of aromatic nitrogens is 1. The lowest BCUT2D eigenvalue weighted by molar-refractivity contribution is 0.0727. The number of ether oxygens (including phenoxy) is 1. The zero-order chi connectivity index (χ0) is 14.8. The predicted molar refractivity (Wildman–Crippen MR) is 77.3 cm³/mol. The highest BCUT2D eigenvalue weighted by atomic mass is 16.5. The number of hydrogen-bond acceptors (Lipinski definition) is 5. The zero-order valence-corrected chi connectivity index (χ0v) is 12.2. The zero-order valence-electron chi connectivity index (χ0n) is 12.2. The van der Waals surface area contributed by atoms with Crippen LogP contribution >= 0.6 is 0 Å². The number of amides is 1. The van der Waals surface area contributed by atoms with Gasteiger partial charge in [-0.1, -0.05) is 6.92 Å². The fourth-order valence-corrected chi connectivity index (χ4v) is 2.30. The van der Waals surface area contributed by atoms with Gasteiger partial charge in [-0.2, -0.15) is 0 Å². The first kappa shape index (κ1) is 14.7. The highest BCUT2D eigenvalue weighted by Crippen LogP contribution is 2.25. The number of pyridine rings is 1. The maximum Gasteiger partial charge on any atom is 0.251 e. The fourth-order valence-electron chi connectivity index (χ4n) is 2.30. The van der Waals surface area contributed by atoms with Crippen LogP contribution < -0.4 is 16.6 Å². The molecule has 2 atom stereocenters. The van der Waals surface area contributed by atoms with Crippen molar-refractivity contribution in [3.05, 3.63) is 23.4 Å². The molecule has 1 aliphatic heterocycles. The first-order valence-electron chi connectivity index (χ1n) is 6.90. The lowest BCUT2D eigenvalue weighted by atomic mass is 9.94. The minimum atomic E-state index is -0.330. The van der Waals surface area contributed by atoms with Crippen LogP contribution in [-0.2, 0) is 11.2 Å². The molecule has 2 rings (SSSR count). The molecule has 110 valence electrons. The third-order valence-corrected chi connectivity index (χ3v) is 3.94. The second-order valence-electron chi connectivity index (χ2n) is 5.36. The van der Waals surface area contributed by atoms with E-state index in [9.17, 15) is 4.79 Å². The van der Waals surface area contributed by atoms with Crippen LogP contribution in [0.5, 0.6) is 0 Å². The topological polar surface area (TPSA) is 89.3 Å². The Balaban J connectivity index is 2.20. The average Bonchev–Trinajstić information content (AvgIpc) is 2.77. The van der Waals surface area contributed by atoms with E-state index in [2.05, 4.69) is 15.7 Å². The fraction of sp³-hybridized carbons (Fsp3) is 0.571. The van der Waals surface area contributed by atoms with Crippen LogP contribution in [0.2, 0.25) is 0 Å². The second kappa shape index (κ2) is 5.76. The van der Waals surface area contributed by atoms with E-state index in [1.807, 2.05) is 20.8 Å². The van der Waals surface area contributed by atoms with Gasteiger partial charge in [0.25, 0.3) is 5.91 Å². The predicted octanol–water partition coefficient (Wildman–Crippen LogP) is 1.23. The molecule has 2 heterocycles. The van der Waals surface area contributed by atoms with Crippen LogP contribution in [0.25, 0.3) is 0 Å². The Hall–Kier alpha value is -1.66. The number of aryl methyl sites for hydroxylation is 1. The summed E-state index contributed by atoms with van der Waals surface area (Å²) in [6, 6.07) is 3.44. The molecule has 0 spiro atoms. The Morgan fingerprint density at radius 3 is 2.90 bits per heavy atom. The number of rotatable bonds is 4. The summed E-state index contributed by atoms with van der Waals surface area (Å²) in [5, 5.41) is 3.06. The molecule has 1 aliphatic rings. The maximum atomic E-state index is 12.4. The standard InChI is InChI=1S/C14H22N4O2/c1-4-11-7-10(8-12(16-11)18-15)13(19)17-14(3)5-6-20-9(14)2/h7-9H,4-6,15H2,1-3H3,(H,16,18)(H,17,19). The first-order chi connectivity index (χ1) is 9.48.